The highest BCUT2D eigenvalue weighted by Crippen LogP contribution is 2.70. The van der Waals surface area contributed by atoms with Crippen LogP contribution < -0.4 is 10.9 Å². The van der Waals surface area contributed by atoms with E-state index in [0.717, 1.165) is 63.4 Å². The Labute approximate surface area is 237 Å². The number of hydrogen-bond donors (Lipinski definition) is 2. The number of aliphatic hydroxyl groups is 1. The van der Waals surface area contributed by atoms with E-state index in [1.165, 1.54) is 6.07 Å². The fourth-order valence-electron chi connectivity index (χ4n) is 9.20. The predicted octanol–water partition coefficient (Wildman–Crippen LogP) is 5.71. The molecule has 4 saturated carbocycles. The van der Waals surface area contributed by atoms with Gasteiger partial charge in [0.15, 0.2) is 0 Å². The first kappa shape index (κ1) is 29.2. The van der Waals surface area contributed by atoms with Crippen LogP contribution >= 0.6 is 0 Å². The largest absolute Gasteiger partial charge is 0.461 e. The van der Waals surface area contributed by atoms with Crippen molar-refractivity contribution in [1.29, 1.82) is 0 Å². The maximum Gasteiger partial charge on any atom is 0.408 e. The van der Waals surface area contributed by atoms with Crippen molar-refractivity contribution < 1.29 is 28.6 Å². The summed E-state index contributed by atoms with van der Waals surface area (Å²) in [5.41, 5.74) is -0.845. The lowest BCUT2D eigenvalue weighted by Crippen LogP contribution is -2.62. The zero-order chi connectivity index (χ0) is 29.1. The summed E-state index contributed by atoms with van der Waals surface area (Å²) in [7, 11) is 0. The molecule has 0 aromatic carbocycles. The summed E-state index contributed by atoms with van der Waals surface area (Å²) in [6.45, 7) is 11.6. The van der Waals surface area contributed by atoms with Crippen molar-refractivity contribution in [2.75, 3.05) is 0 Å². The van der Waals surface area contributed by atoms with Crippen molar-refractivity contribution >= 4 is 12.1 Å². The summed E-state index contributed by atoms with van der Waals surface area (Å²) in [5.74, 6) is 0.860. The van der Waals surface area contributed by atoms with E-state index in [0.29, 0.717) is 11.8 Å². The molecular weight excluding hydrogens is 510 g/mol. The molecule has 222 valence electrons. The van der Waals surface area contributed by atoms with E-state index < -0.39 is 29.3 Å². The third kappa shape index (κ3) is 4.99. The van der Waals surface area contributed by atoms with Gasteiger partial charge in [-0.05, 0) is 126 Å². The number of alkyl carbamates (subject to hydrolysis) is 1. The predicted molar refractivity (Wildman–Crippen MR) is 150 cm³/mol. The average Bonchev–Trinajstić information content (AvgIpc) is 3.14. The van der Waals surface area contributed by atoms with E-state index >= 15 is 0 Å². The van der Waals surface area contributed by atoms with E-state index in [1.54, 1.807) is 34.0 Å². The number of ether oxygens (including phenoxy) is 2. The maximum absolute atomic E-state index is 12.8. The Bertz CT molecular complexity index is 1170. The van der Waals surface area contributed by atoms with E-state index in [1.807, 2.05) is 6.07 Å². The molecule has 0 bridgehead atoms. The van der Waals surface area contributed by atoms with Gasteiger partial charge in [-0.3, -0.25) is 0 Å². The monoisotopic (exact) mass is 557 g/mol. The Hall–Kier alpha value is -2.35. The number of carbonyl (C=O) groups is 2. The minimum absolute atomic E-state index is 0.0981. The van der Waals surface area contributed by atoms with Gasteiger partial charge >= 0.3 is 17.7 Å². The standard InChI is InChI=1S/C32H47NO7/c1-19(33-28(36)40-29(2,3)4)27(35)39-22-11-14-30(5)21(17-22)8-9-25-24(30)12-15-31(6)23(13-16-32(25,31)37)20-7-10-26(34)38-18-20/h7,10,18-19,21-25,37H,8-9,11-17H2,1-6H3,(H,33,36)/t19-,21-,22?,23-,24+,25-,30+,31-,32+/m1/s1. The molecule has 1 unspecified atom stereocenters. The van der Waals surface area contributed by atoms with E-state index in [4.69, 9.17) is 13.9 Å². The number of carbonyl (C=O) groups excluding carboxylic acids is 2. The van der Waals surface area contributed by atoms with Crippen LogP contribution in [0.25, 0.3) is 0 Å². The lowest BCUT2D eigenvalue weighted by molar-refractivity contribution is -0.207. The van der Waals surface area contributed by atoms with Gasteiger partial charge in [-0.15, -0.1) is 0 Å². The van der Waals surface area contributed by atoms with E-state index in [-0.39, 0.29) is 34.4 Å². The Kier molecular flexibility index (Phi) is 7.42. The molecule has 4 fully saturated rings. The van der Waals surface area contributed by atoms with Crippen molar-refractivity contribution in [3.63, 3.8) is 0 Å². The molecular formula is C32H47NO7. The average molecular weight is 558 g/mol. The molecule has 0 radical (unpaired) electrons. The summed E-state index contributed by atoms with van der Waals surface area (Å²) in [6, 6.07) is 2.59. The third-order valence-electron chi connectivity index (χ3n) is 11.3. The van der Waals surface area contributed by atoms with Crippen LogP contribution in [0.2, 0.25) is 0 Å². The first-order valence-electron chi connectivity index (χ1n) is 15.2. The molecule has 4 aliphatic rings. The Balaban J connectivity index is 1.24. The SMILES string of the molecule is C[C@@H](NC(=O)OC(C)(C)C)C(=O)OC1CC[C@@]2(C)[C@H](CC[C@@H]3[C@@H]2CC[C@]2(C)[C@@H](c4ccc(=O)oc4)CC[C@]32O)C1. The molecule has 5 rings (SSSR count). The molecule has 1 amide bonds. The van der Waals surface area contributed by atoms with Crippen LogP contribution in [0.5, 0.6) is 0 Å². The van der Waals surface area contributed by atoms with Gasteiger partial charge in [-0.25, -0.2) is 14.4 Å². The highest BCUT2D eigenvalue weighted by molar-refractivity contribution is 5.81. The molecule has 0 saturated heterocycles. The van der Waals surface area contributed by atoms with Crippen molar-refractivity contribution in [3.8, 4) is 0 Å². The number of hydrogen-bond acceptors (Lipinski definition) is 7. The number of amides is 1. The molecule has 8 heteroatoms. The number of fused-ring (bicyclic) bond motifs is 5. The van der Waals surface area contributed by atoms with Gasteiger partial charge in [0.1, 0.15) is 17.7 Å². The van der Waals surface area contributed by atoms with Crippen molar-refractivity contribution in [2.24, 2.45) is 28.6 Å². The summed E-state index contributed by atoms with van der Waals surface area (Å²) in [5, 5.41) is 15.0. The molecule has 8 nitrogen and oxygen atoms in total. The molecule has 4 aliphatic carbocycles. The van der Waals surface area contributed by atoms with Crippen LogP contribution in [0.15, 0.2) is 27.6 Å². The summed E-state index contributed by atoms with van der Waals surface area (Å²) < 4.78 is 16.4. The van der Waals surface area contributed by atoms with Gasteiger partial charge in [0.05, 0.1) is 11.9 Å². The van der Waals surface area contributed by atoms with Gasteiger partial charge in [0, 0.05) is 11.5 Å². The topological polar surface area (TPSA) is 115 Å². The fraction of sp³-hybridized carbons (Fsp3) is 0.781. The molecule has 0 aliphatic heterocycles. The van der Waals surface area contributed by atoms with E-state index in [9.17, 15) is 19.5 Å². The van der Waals surface area contributed by atoms with Crippen LogP contribution in [0, 0.1) is 28.6 Å². The highest BCUT2D eigenvalue weighted by Gasteiger charge is 2.67. The summed E-state index contributed by atoms with van der Waals surface area (Å²) >= 11 is 0. The summed E-state index contributed by atoms with van der Waals surface area (Å²) in [6.07, 6.45) is 9.08. The lowest BCUT2D eigenvalue weighted by atomic mass is 9.43. The smallest absolute Gasteiger partial charge is 0.408 e. The highest BCUT2D eigenvalue weighted by atomic mass is 16.6. The molecule has 2 N–H and O–H groups in total. The van der Waals surface area contributed by atoms with Crippen LogP contribution in [0.1, 0.15) is 111 Å². The maximum atomic E-state index is 12.8. The van der Waals surface area contributed by atoms with Gasteiger partial charge < -0.3 is 24.3 Å². The van der Waals surface area contributed by atoms with Crippen LogP contribution in [-0.2, 0) is 14.3 Å². The zero-order valence-corrected chi connectivity index (χ0v) is 25.0. The molecule has 9 atom stereocenters. The Morgan fingerprint density at radius 2 is 1.80 bits per heavy atom. The number of esters is 1. The van der Waals surface area contributed by atoms with E-state index in [2.05, 4.69) is 19.2 Å². The fourth-order valence-corrected chi connectivity index (χ4v) is 9.20. The van der Waals surface area contributed by atoms with Gasteiger partial charge in [0.2, 0.25) is 0 Å². The third-order valence-corrected chi connectivity index (χ3v) is 11.3. The van der Waals surface area contributed by atoms with Gasteiger partial charge in [-0.1, -0.05) is 13.8 Å². The Morgan fingerprint density at radius 3 is 2.48 bits per heavy atom. The minimum Gasteiger partial charge on any atom is -0.461 e. The first-order valence-corrected chi connectivity index (χ1v) is 15.2. The minimum atomic E-state index is -0.780. The second-order valence-electron chi connectivity index (χ2n) is 14.6. The normalized spacial score (nSPS) is 39.7. The molecule has 1 heterocycles. The van der Waals surface area contributed by atoms with Crippen LogP contribution in [0.3, 0.4) is 0 Å². The van der Waals surface area contributed by atoms with Crippen LogP contribution in [0.4, 0.5) is 4.79 Å². The van der Waals surface area contributed by atoms with Crippen LogP contribution in [-0.4, -0.2) is 40.5 Å². The van der Waals surface area contributed by atoms with Crippen molar-refractivity contribution in [3.05, 3.63) is 34.4 Å². The lowest BCUT2D eigenvalue weighted by Gasteiger charge is -2.63. The zero-order valence-electron chi connectivity index (χ0n) is 25.0. The first-order chi connectivity index (χ1) is 18.7. The van der Waals surface area contributed by atoms with Gasteiger partial charge in [-0.2, -0.15) is 0 Å². The molecule has 0 spiro atoms. The number of rotatable bonds is 4. The molecule has 40 heavy (non-hydrogen) atoms. The second-order valence-corrected chi connectivity index (χ2v) is 14.6. The quantitative estimate of drug-likeness (QED) is 0.456. The Morgan fingerprint density at radius 1 is 1.05 bits per heavy atom. The second kappa shape index (κ2) is 10.2. The summed E-state index contributed by atoms with van der Waals surface area (Å²) in [4.78, 5) is 36.4. The molecule has 1 aromatic heterocycles. The number of nitrogens with one attached hydrogen (secondary N) is 1. The van der Waals surface area contributed by atoms with Gasteiger partial charge in [0.25, 0.3) is 0 Å². The van der Waals surface area contributed by atoms with Crippen molar-refractivity contribution in [1.82, 2.24) is 5.32 Å². The molecule has 1 aromatic rings. The van der Waals surface area contributed by atoms with Crippen molar-refractivity contribution in [2.45, 2.75) is 129 Å².